The Morgan fingerprint density at radius 1 is 1.56 bits per heavy atom. The highest BCUT2D eigenvalue weighted by atomic mass is 16.6. The summed E-state index contributed by atoms with van der Waals surface area (Å²) in [6.07, 6.45) is 0.485. The lowest BCUT2D eigenvalue weighted by Gasteiger charge is -2.24. The van der Waals surface area contributed by atoms with Crippen LogP contribution in [-0.4, -0.2) is 41.7 Å². The number of nitrogens with two attached hydrogens (primary N) is 1. The largest absolute Gasteiger partial charge is 0.444 e. The Morgan fingerprint density at radius 3 is 2.69 bits per heavy atom. The number of likely N-dealkylation sites (tertiary alicyclic amines) is 1. The predicted molar refractivity (Wildman–Crippen MR) is 61.3 cm³/mol. The van der Waals surface area contributed by atoms with Crippen LogP contribution in [0.4, 0.5) is 4.79 Å². The first-order valence-electron chi connectivity index (χ1n) is 5.36. The van der Waals surface area contributed by atoms with E-state index in [0.717, 1.165) is 6.42 Å². The van der Waals surface area contributed by atoms with Gasteiger partial charge in [0.1, 0.15) is 5.60 Å². The molecule has 1 fully saturated rings. The van der Waals surface area contributed by atoms with E-state index in [1.807, 2.05) is 20.8 Å². The van der Waals surface area contributed by atoms with Crippen LogP contribution >= 0.6 is 0 Å². The third-order valence-corrected chi connectivity index (χ3v) is 2.20. The molecular formula is C10H20N4O2. The molecule has 4 N–H and O–H groups in total. The van der Waals surface area contributed by atoms with Crippen molar-refractivity contribution in [2.24, 2.45) is 5.73 Å². The number of carbonyl (C=O) groups excluding carboxylic acids is 1. The third kappa shape index (κ3) is 3.96. The van der Waals surface area contributed by atoms with Gasteiger partial charge < -0.3 is 20.7 Å². The average Bonchev–Trinajstić information content (AvgIpc) is 2.48. The SMILES string of the molecule is CC(C)(C)OC(=O)N1CCC(NC(=N)N)C1. The quantitative estimate of drug-likeness (QED) is 0.449. The molecule has 1 unspecified atom stereocenters. The highest BCUT2D eigenvalue weighted by molar-refractivity contribution is 5.75. The van der Waals surface area contributed by atoms with E-state index in [-0.39, 0.29) is 18.1 Å². The van der Waals surface area contributed by atoms with Crippen LogP contribution in [0.5, 0.6) is 0 Å². The highest BCUT2D eigenvalue weighted by Crippen LogP contribution is 2.14. The number of nitrogens with zero attached hydrogens (tertiary/aromatic N) is 1. The summed E-state index contributed by atoms with van der Waals surface area (Å²) in [5.74, 6) is -0.0592. The molecule has 6 heteroatoms. The van der Waals surface area contributed by atoms with Gasteiger partial charge in [-0.1, -0.05) is 0 Å². The first kappa shape index (κ1) is 12.6. The molecule has 0 bridgehead atoms. The fraction of sp³-hybridized carbons (Fsp3) is 0.800. The number of nitrogens with one attached hydrogen (secondary N) is 2. The molecule has 6 nitrogen and oxygen atoms in total. The van der Waals surface area contributed by atoms with Crippen molar-refractivity contribution in [1.82, 2.24) is 10.2 Å². The van der Waals surface area contributed by atoms with Crippen LogP contribution in [-0.2, 0) is 4.74 Å². The van der Waals surface area contributed by atoms with Crippen LogP contribution in [0.25, 0.3) is 0 Å². The lowest BCUT2D eigenvalue weighted by molar-refractivity contribution is 0.0292. The number of hydrogen-bond donors (Lipinski definition) is 3. The zero-order chi connectivity index (χ0) is 12.3. The number of amides is 1. The van der Waals surface area contributed by atoms with Crippen LogP contribution < -0.4 is 11.1 Å². The van der Waals surface area contributed by atoms with Crippen molar-refractivity contribution in [1.29, 1.82) is 5.41 Å². The molecule has 1 aliphatic heterocycles. The first-order valence-corrected chi connectivity index (χ1v) is 5.36. The van der Waals surface area contributed by atoms with Gasteiger partial charge in [-0.3, -0.25) is 5.41 Å². The van der Waals surface area contributed by atoms with E-state index >= 15 is 0 Å². The molecule has 16 heavy (non-hydrogen) atoms. The summed E-state index contributed by atoms with van der Waals surface area (Å²) in [5.41, 5.74) is 4.76. The van der Waals surface area contributed by atoms with Gasteiger partial charge in [-0.2, -0.15) is 0 Å². The Hall–Kier alpha value is -1.46. The second-order valence-corrected chi connectivity index (χ2v) is 4.97. The van der Waals surface area contributed by atoms with Crippen molar-refractivity contribution in [3.05, 3.63) is 0 Å². The van der Waals surface area contributed by atoms with Crippen LogP contribution in [0.1, 0.15) is 27.2 Å². The van der Waals surface area contributed by atoms with Crippen LogP contribution in [0.2, 0.25) is 0 Å². The molecule has 0 aliphatic carbocycles. The zero-order valence-corrected chi connectivity index (χ0v) is 10.0. The van der Waals surface area contributed by atoms with Gasteiger partial charge in [0.2, 0.25) is 0 Å². The molecule has 0 spiro atoms. The van der Waals surface area contributed by atoms with Crippen molar-refractivity contribution in [3.63, 3.8) is 0 Å². The molecule has 1 aliphatic rings. The first-order chi connectivity index (χ1) is 7.28. The fourth-order valence-electron chi connectivity index (χ4n) is 1.59. The summed E-state index contributed by atoms with van der Waals surface area (Å²) >= 11 is 0. The van der Waals surface area contributed by atoms with Gasteiger partial charge >= 0.3 is 6.09 Å². The maximum absolute atomic E-state index is 11.7. The van der Waals surface area contributed by atoms with E-state index in [4.69, 9.17) is 15.9 Å². The van der Waals surface area contributed by atoms with Gasteiger partial charge in [0.05, 0.1) is 0 Å². The standard InChI is InChI=1S/C10H20N4O2/c1-10(2,3)16-9(15)14-5-4-7(6-14)13-8(11)12/h7H,4-6H2,1-3H3,(H4,11,12,13). The summed E-state index contributed by atoms with van der Waals surface area (Å²) < 4.78 is 5.25. The molecule has 92 valence electrons. The Labute approximate surface area is 95.6 Å². The fourth-order valence-corrected chi connectivity index (χ4v) is 1.59. The molecule has 0 saturated carbocycles. The average molecular weight is 228 g/mol. The van der Waals surface area contributed by atoms with Crippen molar-refractivity contribution in [2.75, 3.05) is 13.1 Å². The number of ether oxygens (including phenoxy) is 1. The molecular weight excluding hydrogens is 208 g/mol. The van der Waals surface area contributed by atoms with E-state index in [1.165, 1.54) is 0 Å². The van der Waals surface area contributed by atoms with Crippen molar-refractivity contribution in [2.45, 2.75) is 38.8 Å². The number of rotatable bonds is 1. The molecule has 1 saturated heterocycles. The highest BCUT2D eigenvalue weighted by Gasteiger charge is 2.29. The van der Waals surface area contributed by atoms with Gasteiger partial charge in [-0.15, -0.1) is 0 Å². The van der Waals surface area contributed by atoms with Crippen LogP contribution in [0, 0.1) is 5.41 Å². The molecule has 0 aromatic rings. The monoisotopic (exact) mass is 228 g/mol. The molecule has 0 radical (unpaired) electrons. The minimum Gasteiger partial charge on any atom is -0.444 e. The van der Waals surface area contributed by atoms with E-state index in [0.29, 0.717) is 13.1 Å². The van der Waals surface area contributed by atoms with Crippen molar-refractivity contribution >= 4 is 12.1 Å². The number of carbonyl (C=O) groups is 1. The Balaban J connectivity index is 2.41. The minimum atomic E-state index is -0.469. The normalized spacial score (nSPS) is 20.7. The summed E-state index contributed by atoms with van der Waals surface area (Å²) in [6, 6.07) is 0.0602. The summed E-state index contributed by atoms with van der Waals surface area (Å²) in [4.78, 5) is 13.3. The Bertz CT molecular complexity index is 285. The second-order valence-electron chi connectivity index (χ2n) is 4.97. The zero-order valence-electron chi connectivity index (χ0n) is 10.0. The maximum atomic E-state index is 11.7. The lowest BCUT2D eigenvalue weighted by atomic mass is 10.2. The van der Waals surface area contributed by atoms with Gasteiger partial charge in [0.25, 0.3) is 0 Å². The van der Waals surface area contributed by atoms with Gasteiger partial charge in [0.15, 0.2) is 5.96 Å². The van der Waals surface area contributed by atoms with Crippen molar-refractivity contribution < 1.29 is 9.53 Å². The van der Waals surface area contributed by atoms with Gasteiger partial charge in [-0.25, -0.2) is 4.79 Å². The minimum absolute atomic E-state index is 0.0592. The lowest BCUT2D eigenvalue weighted by Crippen LogP contribution is -2.42. The number of guanidine groups is 1. The third-order valence-electron chi connectivity index (χ3n) is 2.20. The van der Waals surface area contributed by atoms with Crippen LogP contribution in [0.3, 0.4) is 0 Å². The summed E-state index contributed by atoms with van der Waals surface area (Å²) in [5, 5.41) is 9.91. The predicted octanol–water partition coefficient (Wildman–Crippen LogP) is 0.479. The Kier molecular flexibility index (Phi) is 3.62. The second kappa shape index (κ2) is 4.59. The summed E-state index contributed by atoms with van der Waals surface area (Å²) in [6.45, 7) is 6.69. The van der Waals surface area contributed by atoms with Gasteiger partial charge in [-0.05, 0) is 27.2 Å². The molecule has 1 amide bonds. The maximum Gasteiger partial charge on any atom is 0.410 e. The summed E-state index contributed by atoms with van der Waals surface area (Å²) in [7, 11) is 0. The Morgan fingerprint density at radius 2 is 2.19 bits per heavy atom. The molecule has 0 aromatic heterocycles. The van der Waals surface area contributed by atoms with E-state index < -0.39 is 5.60 Å². The van der Waals surface area contributed by atoms with E-state index in [2.05, 4.69) is 5.32 Å². The van der Waals surface area contributed by atoms with Crippen molar-refractivity contribution in [3.8, 4) is 0 Å². The van der Waals surface area contributed by atoms with Gasteiger partial charge in [0, 0.05) is 19.1 Å². The van der Waals surface area contributed by atoms with Crippen LogP contribution in [0.15, 0.2) is 0 Å². The van der Waals surface area contributed by atoms with E-state index in [1.54, 1.807) is 4.90 Å². The molecule has 1 heterocycles. The smallest absolute Gasteiger partial charge is 0.410 e. The van der Waals surface area contributed by atoms with E-state index in [9.17, 15) is 4.79 Å². The molecule has 1 atom stereocenters. The molecule has 1 rings (SSSR count). The number of hydrogen-bond acceptors (Lipinski definition) is 3. The molecule has 0 aromatic carbocycles. The topological polar surface area (TPSA) is 91.4 Å².